The molecule has 0 spiro atoms. The Labute approximate surface area is 183 Å². The minimum atomic E-state index is -3.83. The van der Waals surface area contributed by atoms with Crippen LogP contribution in [0.25, 0.3) is 0 Å². The number of hydrogen-bond donors (Lipinski definition) is 1. The highest BCUT2D eigenvalue weighted by molar-refractivity contribution is 7.89. The van der Waals surface area contributed by atoms with Crippen molar-refractivity contribution in [3.05, 3.63) is 59.7 Å². The first-order valence-corrected chi connectivity index (χ1v) is 11.9. The van der Waals surface area contributed by atoms with Crippen molar-refractivity contribution in [1.82, 2.24) is 9.62 Å². The molecule has 1 aliphatic carbocycles. The predicted molar refractivity (Wildman–Crippen MR) is 118 cm³/mol. The summed E-state index contributed by atoms with van der Waals surface area (Å²) in [6.45, 7) is 2.06. The second-order valence-electron chi connectivity index (χ2n) is 8.35. The van der Waals surface area contributed by atoms with Gasteiger partial charge in [0.25, 0.3) is 0 Å². The van der Waals surface area contributed by atoms with E-state index in [4.69, 9.17) is 0 Å². The predicted octanol–water partition coefficient (Wildman–Crippen LogP) is 2.31. The van der Waals surface area contributed by atoms with Gasteiger partial charge in [-0.25, -0.2) is 8.42 Å². The fourth-order valence-electron chi connectivity index (χ4n) is 3.95. The first kappa shape index (κ1) is 21.5. The number of anilines is 1. The average molecular weight is 442 g/mol. The Morgan fingerprint density at radius 3 is 2.52 bits per heavy atom. The SMILES string of the molecule is C[C@@H]1Cc2cc(S(=O)(=O)N(C)CC(=O)NCc3ccccc3)ccc2N1C(=O)C1CC1. The number of carbonyl (C=O) groups excluding carboxylic acids is 2. The van der Waals surface area contributed by atoms with Crippen LogP contribution in [0, 0.1) is 5.92 Å². The Morgan fingerprint density at radius 2 is 1.84 bits per heavy atom. The maximum absolute atomic E-state index is 13.0. The second kappa shape index (κ2) is 8.43. The molecular formula is C23H27N3O4S. The molecule has 0 radical (unpaired) electrons. The number of nitrogens with zero attached hydrogens (tertiary/aromatic N) is 2. The molecule has 0 saturated heterocycles. The molecule has 1 heterocycles. The van der Waals surface area contributed by atoms with Crippen LogP contribution < -0.4 is 10.2 Å². The van der Waals surface area contributed by atoms with Gasteiger partial charge in [-0.1, -0.05) is 30.3 Å². The zero-order chi connectivity index (χ0) is 22.2. The molecular weight excluding hydrogens is 414 g/mol. The summed E-state index contributed by atoms with van der Waals surface area (Å²) in [6.07, 6.45) is 2.49. The molecule has 2 amide bonds. The molecule has 1 saturated carbocycles. The van der Waals surface area contributed by atoms with E-state index in [0.29, 0.717) is 13.0 Å². The van der Waals surface area contributed by atoms with Gasteiger partial charge in [0.05, 0.1) is 11.4 Å². The monoisotopic (exact) mass is 441 g/mol. The summed E-state index contributed by atoms with van der Waals surface area (Å²) >= 11 is 0. The van der Waals surface area contributed by atoms with E-state index in [-0.39, 0.29) is 35.2 Å². The van der Waals surface area contributed by atoms with E-state index < -0.39 is 10.0 Å². The largest absolute Gasteiger partial charge is 0.351 e. The van der Waals surface area contributed by atoms with E-state index in [9.17, 15) is 18.0 Å². The van der Waals surface area contributed by atoms with E-state index in [1.165, 1.54) is 13.1 Å². The average Bonchev–Trinajstić information content (AvgIpc) is 3.54. The molecule has 1 N–H and O–H groups in total. The number of hydrogen-bond acceptors (Lipinski definition) is 4. The number of likely N-dealkylation sites (N-methyl/N-ethyl adjacent to an activating group) is 1. The van der Waals surface area contributed by atoms with Gasteiger partial charge in [0.1, 0.15) is 0 Å². The van der Waals surface area contributed by atoms with Crippen LogP contribution in [0.15, 0.2) is 53.4 Å². The van der Waals surface area contributed by atoms with Crippen molar-refractivity contribution in [2.24, 2.45) is 5.92 Å². The van der Waals surface area contributed by atoms with E-state index in [1.54, 1.807) is 12.1 Å². The summed E-state index contributed by atoms with van der Waals surface area (Å²) in [5.74, 6) is -0.127. The Morgan fingerprint density at radius 1 is 1.13 bits per heavy atom. The summed E-state index contributed by atoms with van der Waals surface area (Å²) < 4.78 is 27.1. The molecule has 1 aliphatic heterocycles. The highest BCUT2D eigenvalue weighted by Gasteiger charge is 2.40. The van der Waals surface area contributed by atoms with Crippen LogP contribution in [0.3, 0.4) is 0 Å². The third kappa shape index (κ3) is 4.50. The van der Waals surface area contributed by atoms with Crippen molar-refractivity contribution in [3.63, 3.8) is 0 Å². The Bertz CT molecular complexity index is 1100. The summed E-state index contributed by atoms with van der Waals surface area (Å²) in [4.78, 5) is 26.8. The summed E-state index contributed by atoms with van der Waals surface area (Å²) in [5, 5.41) is 2.75. The quantitative estimate of drug-likeness (QED) is 0.714. The molecule has 31 heavy (non-hydrogen) atoms. The standard InChI is InChI=1S/C23H27N3O4S/c1-16-12-19-13-20(10-11-21(19)26(16)23(28)18-8-9-18)31(29,30)25(2)15-22(27)24-14-17-6-4-3-5-7-17/h3-7,10-11,13,16,18H,8-9,12,14-15H2,1-2H3,(H,24,27)/t16-/m1/s1. The molecule has 0 unspecified atom stereocenters. The normalized spacial score (nSPS) is 18.2. The highest BCUT2D eigenvalue weighted by atomic mass is 32.2. The van der Waals surface area contributed by atoms with Gasteiger partial charge in [-0.3, -0.25) is 9.59 Å². The minimum absolute atomic E-state index is 0.0162. The van der Waals surface area contributed by atoms with Gasteiger partial charge in [-0.15, -0.1) is 0 Å². The van der Waals surface area contributed by atoms with Gasteiger partial charge in [0.15, 0.2) is 0 Å². The number of rotatable bonds is 7. The first-order chi connectivity index (χ1) is 14.8. The van der Waals surface area contributed by atoms with Crippen molar-refractivity contribution in [2.45, 2.75) is 43.7 Å². The van der Waals surface area contributed by atoms with Crippen LogP contribution in [-0.2, 0) is 32.6 Å². The van der Waals surface area contributed by atoms with Crippen LogP contribution >= 0.6 is 0 Å². The van der Waals surface area contributed by atoms with Crippen LogP contribution in [0.2, 0.25) is 0 Å². The van der Waals surface area contributed by atoms with Crippen molar-refractivity contribution < 1.29 is 18.0 Å². The van der Waals surface area contributed by atoms with Gasteiger partial charge in [0.2, 0.25) is 21.8 Å². The molecule has 0 aromatic heterocycles. The lowest BCUT2D eigenvalue weighted by molar-refractivity contribution is -0.121. The lowest BCUT2D eigenvalue weighted by Crippen LogP contribution is -2.38. The van der Waals surface area contributed by atoms with Crippen molar-refractivity contribution in [2.75, 3.05) is 18.5 Å². The topological polar surface area (TPSA) is 86.8 Å². The van der Waals surface area contributed by atoms with Crippen LogP contribution in [0.5, 0.6) is 0 Å². The molecule has 4 rings (SSSR count). The first-order valence-electron chi connectivity index (χ1n) is 10.5. The number of carbonyl (C=O) groups is 2. The molecule has 2 aromatic rings. The Kier molecular flexibility index (Phi) is 5.85. The molecule has 8 heteroatoms. The van der Waals surface area contributed by atoms with E-state index in [0.717, 1.165) is 34.0 Å². The van der Waals surface area contributed by atoms with Gasteiger partial charge in [0, 0.05) is 31.2 Å². The van der Waals surface area contributed by atoms with Gasteiger partial charge >= 0.3 is 0 Å². The number of nitrogens with one attached hydrogen (secondary N) is 1. The van der Waals surface area contributed by atoms with Crippen molar-refractivity contribution >= 4 is 27.5 Å². The molecule has 1 fully saturated rings. The number of sulfonamides is 1. The van der Waals surface area contributed by atoms with Crippen molar-refractivity contribution in [3.8, 4) is 0 Å². The smallest absolute Gasteiger partial charge is 0.243 e. The van der Waals surface area contributed by atoms with E-state index in [2.05, 4.69) is 5.32 Å². The van der Waals surface area contributed by atoms with Gasteiger partial charge in [-0.05, 0) is 55.5 Å². The molecule has 164 valence electrons. The summed E-state index contributed by atoms with van der Waals surface area (Å²) in [6, 6.07) is 14.3. The Balaban J connectivity index is 1.44. The summed E-state index contributed by atoms with van der Waals surface area (Å²) in [5.41, 5.74) is 2.59. The third-order valence-electron chi connectivity index (χ3n) is 5.84. The zero-order valence-electron chi connectivity index (χ0n) is 17.7. The highest BCUT2D eigenvalue weighted by Crippen LogP contribution is 2.39. The van der Waals surface area contributed by atoms with E-state index in [1.807, 2.05) is 42.2 Å². The number of amides is 2. The maximum Gasteiger partial charge on any atom is 0.243 e. The van der Waals surface area contributed by atoms with E-state index >= 15 is 0 Å². The maximum atomic E-state index is 13.0. The zero-order valence-corrected chi connectivity index (χ0v) is 18.6. The minimum Gasteiger partial charge on any atom is -0.351 e. The lowest BCUT2D eigenvalue weighted by Gasteiger charge is -2.23. The molecule has 2 aromatic carbocycles. The molecule has 1 atom stereocenters. The van der Waals surface area contributed by atoms with Gasteiger partial charge in [-0.2, -0.15) is 4.31 Å². The Hall–Kier alpha value is -2.71. The van der Waals surface area contributed by atoms with Crippen LogP contribution in [0.4, 0.5) is 5.69 Å². The van der Waals surface area contributed by atoms with Crippen LogP contribution in [-0.4, -0.2) is 44.2 Å². The number of benzene rings is 2. The fourth-order valence-corrected chi connectivity index (χ4v) is 5.13. The summed E-state index contributed by atoms with van der Waals surface area (Å²) in [7, 11) is -2.43. The van der Waals surface area contributed by atoms with Crippen molar-refractivity contribution in [1.29, 1.82) is 0 Å². The van der Waals surface area contributed by atoms with Gasteiger partial charge < -0.3 is 10.2 Å². The van der Waals surface area contributed by atoms with Crippen LogP contribution in [0.1, 0.15) is 30.9 Å². The second-order valence-corrected chi connectivity index (χ2v) is 10.4. The molecule has 0 bridgehead atoms. The molecule has 7 nitrogen and oxygen atoms in total. The third-order valence-corrected chi connectivity index (χ3v) is 7.64. The fraction of sp³-hybridized carbons (Fsp3) is 0.391. The number of fused-ring (bicyclic) bond motifs is 1. The lowest BCUT2D eigenvalue weighted by atomic mass is 10.1. The molecule has 2 aliphatic rings.